The molecule has 0 bridgehead atoms. The summed E-state index contributed by atoms with van der Waals surface area (Å²) < 4.78 is 13.7. The minimum absolute atomic E-state index is 0. The Labute approximate surface area is 134 Å². The number of nitrogens with zero attached hydrogens (tertiary/aromatic N) is 2. The Morgan fingerprint density at radius 2 is 2.00 bits per heavy atom. The third kappa shape index (κ3) is 3.10. The second kappa shape index (κ2) is 6.85. The second-order valence-corrected chi connectivity index (χ2v) is 5.12. The first kappa shape index (κ1) is 16.4. The molecule has 2 aromatic rings. The van der Waals surface area contributed by atoms with Crippen LogP contribution < -0.4 is 10.6 Å². The normalized spacial score (nSPS) is 18.0. The average molecular weight is 322 g/mol. The summed E-state index contributed by atoms with van der Waals surface area (Å²) in [6.45, 7) is 0.624. The number of amides is 1. The van der Waals surface area contributed by atoms with Crippen molar-refractivity contribution in [2.75, 3.05) is 11.4 Å². The summed E-state index contributed by atoms with van der Waals surface area (Å²) in [6, 6.07) is 9.59. The van der Waals surface area contributed by atoms with Crippen molar-refractivity contribution in [1.82, 2.24) is 4.98 Å². The number of benzene rings is 1. The zero-order valence-corrected chi connectivity index (χ0v) is 12.7. The molecule has 1 aromatic heterocycles. The quantitative estimate of drug-likeness (QED) is 0.925. The minimum Gasteiger partial charge on any atom is -0.320 e. The molecule has 6 heteroatoms. The van der Waals surface area contributed by atoms with Crippen molar-refractivity contribution in [1.29, 1.82) is 0 Å². The van der Waals surface area contributed by atoms with Crippen LogP contribution in [-0.2, 0) is 4.79 Å². The van der Waals surface area contributed by atoms with Gasteiger partial charge in [-0.05, 0) is 31.0 Å². The van der Waals surface area contributed by atoms with E-state index in [0.717, 1.165) is 6.42 Å². The number of hydrogen-bond donors (Lipinski definition) is 1. The maximum absolute atomic E-state index is 13.7. The van der Waals surface area contributed by atoms with Gasteiger partial charge < -0.3 is 5.73 Å². The van der Waals surface area contributed by atoms with Gasteiger partial charge in [-0.25, -0.2) is 9.37 Å². The van der Waals surface area contributed by atoms with E-state index in [2.05, 4.69) is 4.98 Å². The Kier molecular flexibility index (Phi) is 5.11. The molecule has 1 fully saturated rings. The van der Waals surface area contributed by atoms with E-state index in [-0.39, 0.29) is 24.1 Å². The topological polar surface area (TPSA) is 59.2 Å². The Hall–Kier alpha value is -1.98. The molecule has 4 nitrogen and oxygen atoms in total. The Morgan fingerprint density at radius 3 is 2.68 bits per heavy atom. The number of nitrogens with two attached hydrogens (primary N) is 1. The molecule has 1 aliphatic rings. The number of hydrogen-bond acceptors (Lipinski definition) is 3. The lowest BCUT2D eigenvalue weighted by Gasteiger charge is -2.29. The van der Waals surface area contributed by atoms with Crippen molar-refractivity contribution in [3.8, 4) is 11.1 Å². The van der Waals surface area contributed by atoms with E-state index in [9.17, 15) is 9.18 Å². The summed E-state index contributed by atoms with van der Waals surface area (Å²) >= 11 is 0. The van der Waals surface area contributed by atoms with Crippen LogP contribution in [0.15, 0.2) is 42.6 Å². The van der Waals surface area contributed by atoms with Gasteiger partial charge in [-0.1, -0.05) is 18.2 Å². The molecule has 1 aliphatic heterocycles. The number of halogens is 2. The van der Waals surface area contributed by atoms with E-state index in [1.165, 1.54) is 6.07 Å². The molecule has 1 amide bonds. The summed E-state index contributed by atoms with van der Waals surface area (Å²) in [4.78, 5) is 17.9. The molecule has 2 N–H and O–H groups in total. The number of pyridine rings is 1. The molecule has 3 rings (SSSR count). The van der Waals surface area contributed by atoms with Crippen LogP contribution in [0.1, 0.15) is 12.8 Å². The van der Waals surface area contributed by atoms with Gasteiger partial charge in [0.1, 0.15) is 11.6 Å². The summed E-state index contributed by atoms with van der Waals surface area (Å²) in [5, 5.41) is 0. The fourth-order valence-electron chi connectivity index (χ4n) is 2.53. The first-order valence-electron chi connectivity index (χ1n) is 6.95. The van der Waals surface area contributed by atoms with Gasteiger partial charge in [0.2, 0.25) is 5.91 Å². The molecule has 0 spiro atoms. The SMILES string of the molecule is Cl.NC1CCCN(c2ccc(-c3ccccc3F)cn2)C1=O. The maximum Gasteiger partial charge on any atom is 0.245 e. The highest BCUT2D eigenvalue weighted by molar-refractivity contribution is 5.97. The zero-order valence-electron chi connectivity index (χ0n) is 11.9. The van der Waals surface area contributed by atoms with E-state index >= 15 is 0 Å². The van der Waals surface area contributed by atoms with Gasteiger partial charge in [-0.2, -0.15) is 0 Å². The maximum atomic E-state index is 13.7. The molecule has 1 unspecified atom stereocenters. The number of carbonyl (C=O) groups excluding carboxylic acids is 1. The number of rotatable bonds is 2. The molecule has 0 aliphatic carbocycles. The fraction of sp³-hybridized carbons (Fsp3) is 0.250. The zero-order chi connectivity index (χ0) is 14.8. The van der Waals surface area contributed by atoms with Crippen LogP contribution in [-0.4, -0.2) is 23.5 Å². The van der Waals surface area contributed by atoms with Gasteiger partial charge in [0.25, 0.3) is 0 Å². The Morgan fingerprint density at radius 1 is 1.23 bits per heavy atom. The van der Waals surface area contributed by atoms with Crippen LogP contribution in [0.4, 0.5) is 10.2 Å². The number of anilines is 1. The van der Waals surface area contributed by atoms with E-state index in [1.807, 2.05) is 0 Å². The van der Waals surface area contributed by atoms with Crippen molar-refractivity contribution >= 4 is 24.1 Å². The first-order chi connectivity index (χ1) is 10.2. The summed E-state index contributed by atoms with van der Waals surface area (Å²) in [5.74, 6) is 0.172. The summed E-state index contributed by atoms with van der Waals surface area (Å²) in [7, 11) is 0. The van der Waals surface area contributed by atoms with Gasteiger partial charge >= 0.3 is 0 Å². The van der Waals surface area contributed by atoms with Crippen LogP contribution >= 0.6 is 12.4 Å². The molecule has 22 heavy (non-hydrogen) atoms. The second-order valence-electron chi connectivity index (χ2n) is 5.12. The van der Waals surface area contributed by atoms with Crippen LogP contribution in [0.25, 0.3) is 11.1 Å². The third-order valence-electron chi connectivity index (χ3n) is 3.69. The van der Waals surface area contributed by atoms with E-state index in [0.29, 0.717) is 29.9 Å². The number of carbonyl (C=O) groups is 1. The molecule has 1 atom stereocenters. The van der Waals surface area contributed by atoms with Crippen molar-refractivity contribution < 1.29 is 9.18 Å². The molecular formula is C16H17ClFN3O. The smallest absolute Gasteiger partial charge is 0.245 e. The molecule has 116 valence electrons. The molecule has 0 saturated carbocycles. The predicted octanol–water partition coefficient (Wildman–Crippen LogP) is 2.76. The molecule has 1 saturated heterocycles. The van der Waals surface area contributed by atoms with E-state index in [4.69, 9.17) is 5.73 Å². The lowest BCUT2D eigenvalue weighted by molar-refractivity contribution is -0.120. The summed E-state index contributed by atoms with van der Waals surface area (Å²) in [5.41, 5.74) is 6.96. The van der Waals surface area contributed by atoms with Crippen LogP contribution in [0.3, 0.4) is 0 Å². The first-order valence-corrected chi connectivity index (χ1v) is 6.95. The van der Waals surface area contributed by atoms with Crippen molar-refractivity contribution in [2.24, 2.45) is 5.73 Å². The van der Waals surface area contributed by atoms with Gasteiger partial charge in [0, 0.05) is 23.9 Å². The number of piperidine rings is 1. The Bertz CT molecular complexity index is 663. The van der Waals surface area contributed by atoms with Crippen LogP contribution in [0, 0.1) is 5.82 Å². The lowest BCUT2D eigenvalue weighted by Crippen LogP contribution is -2.48. The standard InChI is InChI=1S/C16H16FN3O.ClH/c17-13-5-2-1-4-12(13)11-7-8-15(19-10-11)20-9-3-6-14(18)16(20)21;/h1-2,4-5,7-8,10,14H,3,6,9,18H2;1H. The third-order valence-corrected chi connectivity index (χ3v) is 3.69. The number of aromatic nitrogens is 1. The predicted molar refractivity (Wildman–Crippen MR) is 86.4 cm³/mol. The lowest BCUT2D eigenvalue weighted by atomic mass is 10.1. The van der Waals surface area contributed by atoms with Crippen LogP contribution in [0.2, 0.25) is 0 Å². The highest BCUT2D eigenvalue weighted by atomic mass is 35.5. The average Bonchev–Trinajstić information content (AvgIpc) is 2.51. The van der Waals surface area contributed by atoms with Gasteiger partial charge in [0.05, 0.1) is 6.04 Å². The molecule has 0 radical (unpaired) electrons. The molecular weight excluding hydrogens is 305 g/mol. The summed E-state index contributed by atoms with van der Waals surface area (Å²) in [6.07, 6.45) is 3.16. The van der Waals surface area contributed by atoms with Crippen molar-refractivity contribution in [3.63, 3.8) is 0 Å². The monoisotopic (exact) mass is 321 g/mol. The van der Waals surface area contributed by atoms with Crippen molar-refractivity contribution in [2.45, 2.75) is 18.9 Å². The highest BCUT2D eigenvalue weighted by Crippen LogP contribution is 2.24. The molecule has 1 aromatic carbocycles. The Balaban J connectivity index is 0.00000176. The van der Waals surface area contributed by atoms with Crippen LogP contribution in [0.5, 0.6) is 0 Å². The van der Waals surface area contributed by atoms with Gasteiger partial charge in [-0.15, -0.1) is 12.4 Å². The van der Waals surface area contributed by atoms with Gasteiger partial charge in [-0.3, -0.25) is 9.69 Å². The fourth-order valence-corrected chi connectivity index (χ4v) is 2.53. The van der Waals surface area contributed by atoms with Gasteiger partial charge in [0.15, 0.2) is 0 Å². The minimum atomic E-state index is -0.452. The largest absolute Gasteiger partial charge is 0.320 e. The van der Waals surface area contributed by atoms with Crippen molar-refractivity contribution in [3.05, 3.63) is 48.4 Å². The van der Waals surface area contributed by atoms with E-state index in [1.54, 1.807) is 41.4 Å². The molecule has 2 heterocycles. The highest BCUT2D eigenvalue weighted by Gasteiger charge is 2.27. The van der Waals surface area contributed by atoms with E-state index < -0.39 is 6.04 Å².